The molecule has 0 atom stereocenters. The summed E-state index contributed by atoms with van der Waals surface area (Å²) in [6, 6.07) is 16.7. The van der Waals surface area contributed by atoms with E-state index in [4.69, 9.17) is 4.42 Å². The second-order valence-corrected chi connectivity index (χ2v) is 10.3. The van der Waals surface area contributed by atoms with E-state index in [-0.39, 0.29) is 30.4 Å². The molecule has 186 valence electrons. The fraction of sp³-hybridized carbons (Fsp3) is 0.192. The van der Waals surface area contributed by atoms with Crippen LogP contribution < -0.4 is 10.2 Å². The summed E-state index contributed by atoms with van der Waals surface area (Å²) < 4.78 is 44.1. The van der Waals surface area contributed by atoms with Crippen molar-refractivity contribution in [1.82, 2.24) is 9.97 Å². The topological polar surface area (TPSA) is 105 Å². The molecule has 2 aromatic heterocycles. The van der Waals surface area contributed by atoms with Crippen molar-refractivity contribution in [3.8, 4) is 0 Å². The second kappa shape index (κ2) is 10.7. The Hall–Kier alpha value is -4.05. The molecule has 2 aromatic carbocycles. The molecule has 8 nitrogen and oxygen atoms in total. The third-order valence-electron chi connectivity index (χ3n) is 5.57. The molecule has 4 rings (SSSR count). The number of amides is 1. The normalized spacial score (nSPS) is 11.3. The Morgan fingerprint density at radius 2 is 1.81 bits per heavy atom. The Kier molecular flexibility index (Phi) is 7.44. The molecule has 0 saturated carbocycles. The van der Waals surface area contributed by atoms with Gasteiger partial charge in [-0.15, -0.1) is 0 Å². The number of aromatic nitrogens is 2. The third-order valence-corrected chi connectivity index (χ3v) is 7.08. The van der Waals surface area contributed by atoms with Crippen LogP contribution in [0.15, 0.2) is 82.7 Å². The number of carbonyl (C=O) groups is 1. The standard InChI is InChI=1S/C26H25FN4O4S/c1-3-36(33,34)26-28-15-23(24(30-26)25(32)29-22-9-5-4-7-18(22)2)31(17-21-8-6-14-35-21)16-19-10-12-20(27)13-11-19/h4-15H,3,16-17H2,1-2H3,(H,29,32). The molecule has 0 fully saturated rings. The molecule has 36 heavy (non-hydrogen) atoms. The predicted octanol–water partition coefficient (Wildman–Crippen LogP) is 4.77. The molecular weight excluding hydrogens is 483 g/mol. The van der Waals surface area contributed by atoms with Crippen molar-refractivity contribution >= 4 is 27.1 Å². The molecule has 4 aromatic rings. The van der Waals surface area contributed by atoms with Gasteiger partial charge in [0.2, 0.25) is 15.0 Å². The Morgan fingerprint density at radius 3 is 2.47 bits per heavy atom. The first-order valence-corrected chi connectivity index (χ1v) is 12.9. The van der Waals surface area contributed by atoms with Gasteiger partial charge in [0.15, 0.2) is 5.69 Å². The number of hydrogen-bond acceptors (Lipinski definition) is 7. The van der Waals surface area contributed by atoms with Gasteiger partial charge in [-0.2, -0.15) is 0 Å². The summed E-state index contributed by atoms with van der Waals surface area (Å²) in [5, 5.41) is 2.40. The summed E-state index contributed by atoms with van der Waals surface area (Å²) in [6.07, 6.45) is 2.86. The highest BCUT2D eigenvalue weighted by Crippen LogP contribution is 2.26. The van der Waals surface area contributed by atoms with Gasteiger partial charge in [0.1, 0.15) is 11.6 Å². The first kappa shape index (κ1) is 25.1. The molecule has 1 N–H and O–H groups in total. The average Bonchev–Trinajstić information content (AvgIpc) is 3.39. The highest BCUT2D eigenvalue weighted by atomic mass is 32.2. The minimum Gasteiger partial charge on any atom is -0.467 e. The van der Waals surface area contributed by atoms with E-state index in [9.17, 15) is 17.6 Å². The maximum absolute atomic E-state index is 13.5. The number of aryl methyl sites for hydroxylation is 1. The van der Waals surface area contributed by atoms with Crippen molar-refractivity contribution in [1.29, 1.82) is 0 Å². The van der Waals surface area contributed by atoms with Crippen LogP contribution in [0.1, 0.15) is 34.3 Å². The number of nitrogens with zero attached hydrogens (tertiary/aromatic N) is 3. The number of rotatable bonds is 9. The summed E-state index contributed by atoms with van der Waals surface area (Å²) in [7, 11) is -3.77. The van der Waals surface area contributed by atoms with Gasteiger partial charge < -0.3 is 14.6 Å². The second-order valence-electron chi connectivity index (χ2n) is 8.12. The summed E-state index contributed by atoms with van der Waals surface area (Å²) in [5.41, 5.74) is 2.37. The minimum absolute atomic E-state index is 0.103. The maximum atomic E-state index is 13.5. The van der Waals surface area contributed by atoms with Gasteiger partial charge in [-0.1, -0.05) is 37.3 Å². The molecule has 0 bridgehead atoms. The molecular formula is C26H25FN4O4S. The summed E-state index contributed by atoms with van der Waals surface area (Å²) >= 11 is 0. The van der Waals surface area contributed by atoms with Gasteiger partial charge in [-0.3, -0.25) is 4.79 Å². The lowest BCUT2D eigenvalue weighted by Crippen LogP contribution is -2.28. The van der Waals surface area contributed by atoms with Crippen LogP contribution in [0.2, 0.25) is 0 Å². The minimum atomic E-state index is -3.77. The van der Waals surface area contributed by atoms with E-state index in [0.717, 1.165) is 11.1 Å². The van der Waals surface area contributed by atoms with E-state index in [2.05, 4.69) is 15.3 Å². The lowest BCUT2D eigenvalue weighted by Gasteiger charge is -2.25. The Morgan fingerprint density at radius 1 is 1.06 bits per heavy atom. The number of carbonyl (C=O) groups excluding carboxylic acids is 1. The van der Waals surface area contributed by atoms with E-state index >= 15 is 0 Å². The smallest absolute Gasteiger partial charge is 0.276 e. The van der Waals surface area contributed by atoms with Crippen molar-refractivity contribution in [3.05, 3.63) is 102 Å². The first-order chi connectivity index (χ1) is 17.3. The van der Waals surface area contributed by atoms with Crippen LogP contribution >= 0.6 is 0 Å². The molecule has 2 heterocycles. The van der Waals surface area contributed by atoms with Gasteiger partial charge in [0.25, 0.3) is 5.91 Å². The van der Waals surface area contributed by atoms with Crippen LogP contribution in [-0.2, 0) is 22.9 Å². The number of para-hydroxylation sites is 1. The third kappa shape index (κ3) is 5.77. The monoisotopic (exact) mass is 508 g/mol. The number of halogens is 1. The van der Waals surface area contributed by atoms with E-state index in [1.807, 2.05) is 19.1 Å². The lowest BCUT2D eigenvalue weighted by atomic mass is 10.1. The highest BCUT2D eigenvalue weighted by molar-refractivity contribution is 7.91. The summed E-state index contributed by atoms with van der Waals surface area (Å²) in [4.78, 5) is 23.5. The summed E-state index contributed by atoms with van der Waals surface area (Å²) in [5.74, 6) is -0.561. The molecule has 10 heteroatoms. The molecule has 0 spiro atoms. The highest BCUT2D eigenvalue weighted by Gasteiger charge is 2.25. The average molecular weight is 509 g/mol. The SMILES string of the molecule is CCS(=O)(=O)c1ncc(N(Cc2ccc(F)cc2)Cc2ccco2)c(C(=O)Nc2ccccc2C)n1. The van der Waals surface area contributed by atoms with E-state index in [1.54, 1.807) is 41.3 Å². The number of hydrogen-bond donors (Lipinski definition) is 1. The zero-order chi connectivity index (χ0) is 25.7. The molecule has 0 aliphatic heterocycles. The van der Waals surface area contributed by atoms with Crippen molar-refractivity contribution < 1.29 is 22.0 Å². The van der Waals surface area contributed by atoms with E-state index < -0.39 is 20.9 Å². The van der Waals surface area contributed by atoms with E-state index in [0.29, 0.717) is 17.1 Å². The van der Waals surface area contributed by atoms with Crippen molar-refractivity contribution in [2.75, 3.05) is 16.0 Å². The Bertz CT molecular complexity index is 1460. The first-order valence-electron chi connectivity index (χ1n) is 11.3. The van der Waals surface area contributed by atoms with Crippen molar-refractivity contribution in [2.24, 2.45) is 0 Å². The van der Waals surface area contributed by atoms with Gasteiger partial charge in [-0.25, -0.2) is 22.8 Å². The van der Waals surface area contributed by atoms with Crippen LogP contribution in [0.4, 0.5) is 15.8 Å². The molecule has 0 aliphatic rings. The fourth-order valence-corrected chi connectivity index (χ4v) is 4.26. The zero-order valence-electron chi connectivity index (χ0n) is 19.8. The predicted molar refractivity (Wildman–Crippen MR) is 134 cm³/mol. The van der Waals surface area contributed by atoms with Crippen LogP contribution in [0.3, 0.4) is 0 Å². The van der Waals surface area contributed by atoms with E-state index in [1.165, 1.54) is 31.5 Å². The van der Waals surface area contributed by atoms with Crippen LogP contribution in [0.25, 0.3) is 0 Å². The molecule has 0 radical (unpaired) electrons. The molecule has 0 unspecified atom stereocenters. The van der Waals surface area contributed by atoms with Crippen LogP contribution in [0, 0.1) is 12.7 Å². The van der Waals surface area contributed by atoms with Gasteiger partial charge in [-0.05, 0) is 48.4 Å². The Labute approximate surface area is 208 Å². The molecule has 0 saturated heterocycles. The number of benzene rings is 2. The van der Waals surface area contributed by atoms with Gasteiger partial charge in [0, 0.05) is 12.2 Å². The van der Waals surface area contributed by atoms with Gasteiger partial charge >= 0.3 is 0 Å². The Balaban J connectivity index is 1.80. The van der Waals surface area contributed by atoms with Gasteiger partial charge in [0.05, 0.1) is 30.4 Å². The molecule has 1 amide bonds. The number of nitrogens with one attached hydrogen (secondary N) is 1. The summed E-state index contributed by atoms with van der Waals surface area (Å²) in [6.45, 7) is 3.83. The zero-order valence-corrected chi connectivity index (χ0v) is 20.6. The number of furan rings is 1. The largest absolute Gasteiger partial charge is 0.467 e. The fourth-order valence-electron chi connectivity index (χ4n) is 3.56. The number of sulfone groups is 1. The van der Waals surface area contributed by atoms with Crippen molar-refractivity contribution in [2.45, 2.75) is 32.1 Å². The van der Waals surface area contributed by atoms with Crippen LogP contribution in [-0.4, -0.2) is 30.0 Å². The number of anilines is 2. The quantitative estimate of drug-likeness (QED) is 0.325. The maximum Gasteiger partial charge on any atom is 0.276 e. The van der Waals surface area contributed by atoms with Crippen LogP contribution in [0.5, 0.6) is 0 Å². The van der Waals surface area contributed by atoms with Crippen molar-refractivity contribution in [3.63, 3.8) is 0 Å². The molecule has 0 aliphatic carbocycles. The lowest BCUT2D eigenvalue weighted by molar-refractivity contribution is 0.102.